The Morgan fingerprint density at radius 2 is 1.97 bits per heavy atom. The molecule has 0 saturated carbocycles. The van der Waals surface area contributed by atoms with Crippen molar-refractivity contribution in [3.05, 3.63) is 81.1 Å². The molecule has 1 atom stereocenters. The van der Waals surface area contributed by atoms with E-state index < -0.39 is 5.92 Å². The summed E-state index contributed by atoms with van der Waals surface area (Å²) in [5, 5.41) is 6.95. The third-order valence-corrected chi connectivity index (χ3v) is 7.63. The van der Waals surface area contributed by atoms with E-state index in [9.17, 15) is 9.59 Å². The number of ketones is 1. The average molecular weight is 522 g/mol. The maximum atomic E-state index is 13.6. The number of hydrogen-bond acceptors (Lipinski definition) is 5. The van der Waals surface area contributed by atoms with E-state index >= 15 is 0 Å². The molecule has 2 aromatic carbocycles. The van der Waals surface area contributed by atoms with Crippen molar-refractivity contribution in [3.63, 3.8) is 0 Å². The fourth-order valence-corrected chi connectivity index (χ4v) is 6.12. The third-order valence-electron chi connectivity index (χ3n) is 6.18. The van der Waals surface area contributed by atoms with Crippen molar-refractivity contribution in [2.75, 3.05) is 5.32 Å². The highest BCUT2D eigenvalue weighted by atomic mass is 79.9. The van der Waals surface area contributed by atoms with Crippen LogP contribution >= 0.6 is 27.3 Å². The summed E-state index contributed by atoms with van der Waals surface area (Å²) < 4.78 is 1.92. The molecule has 1 amide bonds. The average Bonchev–Trinajstić information content (AvgIpc) is 3.13. The van der Waals surface area contributed by atoms with E-state index in [-0.39, 0.29) is 17.1 Å². The largest absolute Gasteiger partial charge is 0.362 e. The van der Waals surface area contributed by atoms with Crippen LogP contribution in [0.5, 0.6) is 0 Å². The molecule has 0 radical (unpaired) electrons. The molecule has 7 heteroatoms. The van der Waals surface area contributed by atoms with Crippen LogP contribution in [0.15, 0.2) is 75.5 Å². The summed E-state index contributed by atoms with van der Waals surface area (Å²) in [6.45, 7) is 6.13. The number of thiazole rings is 1. The quantitative estimate of drug-likeness (QED) is 0.424. The molecule has 1 aromatic heterocycles. The summed E-state index contributed by atoms with van der Waals surface area (Å²) in [4.78, 5) is 31.6. The van der Waals surface area contributed by atoms with E-state index in [2.05, 4.69) is 45.4 Å². The lowest BCUT2D eigenvalue weighted by Gasteiger charge is -2.39. The number of benzene rings is 2. The molecular weight excluding hydrogens is 498 g/mol. The van der Waals surface area contributed by atoms with Crippen molar-refractivity contribution in [1.82, 2.24) is 10.3 Å². The molecule has 0 spiro atoms. The van der Waals surface area contributed by atoms with Crippen molar-refractivity contribution in [1.29, 1.82) is 0 Å². The first-order chi connectivity index (χ1) is 15.7. The number of nitrogens with one attached hydrogen (secondary N) is 2. The number of allylic oxidation sites excluding steroid dienone is 3. The van der Waals surface area contributed by atoms with E-state index in [4.69, 9.17) is 0 Å². The Morgan fingerprint density at radius 1 is 1.18 bits per heavy atom. The molecule has 3 aromatic rings. The number of nitrogens with zero attached hydrogens (tertiary/aromatic N) is 1. The van der Waals surface area contributed by atoms with Crippen LogP contribution in [-0.2, 0) is 9.59 Å². The minimum Gasteiger partial charge on any atom is -0.362 e. The molecule has 168 valence electrons. The Balaban J connectivity index is 1.58. The van der Waals surface area contributed by atoms with Crippen molar-refractivity contribution < 1.29 is 9.59 Å². The normalized spacial score (nSPS) is 20.0. The zero-order valence-corrected chi connectivity index (χ0v) is 21.1. The van der Waals surface area contributed by atoms with Gasteiger partial charge in [-0.3, -0.25) is 14.9 Å². The molecular formula is C26H24BrN3O2S. The Hall–Kier alpha value is -2.77. The number of Topliss-reactive ketones (excluding diaryl/α,β-unsaturated/α-hetero) is 1. The number of anilines is 1. The lowest BCUT2D eigenvalue weighted by molar-refractivity contribution is -0.118. The third kappa shape index (κ3) is 4.15. The van der Waals surface area contributed by atoms with Crippen LogP contribution in [0.25, 0.3) is 10.2 Å². The number of hydrogen-bond donors (Lipinski definition) is 2. The van der Waals surface area contributed by atoms with Crippen LogP contribution in [0.3, 0.4) is 0 Å². The monoisotopic (exact) mass is 521 g/mol. The maximum Gasteiger partial charge on any atom is 0.256 e. The van der Waals surface area contributed by atoms with Gasteiger partial charge in [-0.15, -0.1) is 0 Å². The zero-order chi connectivity index (χ0) is 23.3. The second-order valence-corrected chi connectivity index (χ2v) is 11.4. The van der Waals surface area contributed by atoms with Gasteiger partial charge in [0.05, 0.1) is 10.2 Å². The van der Waals surface area contributed by atoms with Gasteiger partial charge >= 0.3 is 0 Å². The fourth-order valence-electron chi connectivity index (χ4n) is 4.85. The van der Waals surface area contributed by atoms with E-state index in [1.807, 2.05) is 55.5 Å². The van der Waals surface area contributed by atoms with Gasteiger partial charge in [0.1, 0.15) is 0 Å². The molecule has 1 unspecified atom stereocenters. The van der Waals surface area contributed by atoms with E-state index in [1.54, 1.807) is 0 Å². The summed E-state index contributed by atoms with van der Waals surface area (Å²) in [6, 6.07) is 15.7. The molecule has 2 N–H and O–H groups in total. The van der Waals surface area contributed by atoms with Gasteiger partial charge in [-0.25, -0.2) is 4.98 Å². The zero-order valence-electron chi connectivity index (χ0n) is 18.7. The predicted octanol–water partition coefficient (Wildman–Crippen LogP) is 6.30. The van der Waals surface area contributed by atoms with Crippen LogP contribution < -0.4 is 10.6 Å². The van der Waals surface area contributed by atoms with Crippen molar-refractivity contribution in [2.24, 2.45) is 5.41 Å². The first kappa shape index (κ1) is 22.0. The lowest BCUT2D eigenvalue weighted by atomic mass is 9.68. The van der Waals surface area contributed by atoms with Crippen LogP contribution in [0.1, 0.15) is 45.1 Å². The standard InChI is InChI=1S/C26H24BrN3O2S/c1-14-21(24(32)30-25-29-17-9-4-5-10-20(17)33-25)22(15-7-6-8-16(27)11-15)23-18(28-14)12-26(2,3)13-19(23)31/h4-11,22,28H,12-13H2,1-3H3,(H,29,30,32). The molecule has 5 nitrogen and oxygen atoms in total. The SMILES string of the molecule is CC1=C(C(=O)Nc2nc3ccccc3s2)C(c2cccc(Br)c2)C2=C(CC(C)(C)CC2=O)N1. The summed E-state index contributed by atoms with van der Waals surface area (Å²) in [5.41, 5.74) is 4.60. The summed E-state index contributed by atoms with van der Waals surface area (Å²) in [7, 11) is 0. The highest BCUT2D eigenvalue weighted by molar-refractivity contribution is 9.10. The fraction of sp³-hybridized carbons (Fsp3) is 0.269. The Kier molecular flexibility index (Phi) is 5.49. The Morgan fingerprint density at radius 3 is 2.73 bits per heavy atom. The van der Waals surface area contributed by atoms with E-state index in [0.29, 0.717) is 22.7 Å². The van der Waals surface area contributed by atoms with E-state index in [1.165, 1.54) is 11.3 Å². The molecule has 2 aliphatic rings. The van der Waals surface area contributed by atoms with E-state index in [0.717, 1.165) is 38.1 Å². The number of halogens is 1. The first-order valence-corrected chi connectivity index (χ1v) is 12.5. The maximum absolute atomic E-state index is 13.6. The van der Waals surface area contributed by atoms with Crippen LogP contribution in [0.4, 0.5) is 5.13 Å². The number of dihydropyridines is 1. The summed E-state index contributed by atoms with van der Waals surface area (Å²) >= 11 is 4.99. The molecule has 0 saturated heterocycles. The smallest absolute Gasteiger partial charge is 0.256 e. The second-order valence-electron chi connectivity index (χ2n) is 9.43. The number of rotatable bonds is 3. The molecule has 1 aliphatic carbocycles. The minimum absolute atomic E-state index is 0.0940. The number of fused-ring (bicyclic) bond motifs is 1. The highest BCUT2D eigenvalue weighted by Gasteiger charge is 2.42. The molecule has 5 rings (SSSR count). The first-order valence-electron chi connectivity index (χ1n) is 10.9. The van der Waals surface area contributed by atoms with Crippen molar-refractivity contribution >= 4 is 54.3 Å². The number of aromatic nitrogens is 1. The van der Waals surface area contributed by atoms with Gasteiger partial charge in [0.2, 0.25) is 0 Å². The molecule has 0 bridgehead atoms. The number of carbonyl (C=O) groups excluding carboxylic acids is 2. The summed E-state index contributed by atoms with van der Waals surface area (Å²) in [6.07, 6.45) is 1.23. The van der Waals surface area contributed by atoms with Crippen LogP contribution in [-0.4, -0.2) is 16.7 Å². The number of amides is 1. The topological polar surface area (TPSA) is 71.1 Å². The number of para-hydroxylation sites is 1. The minimum atomic E-state index is -0.434. The van der Waals surface area contributed by atoms with Crippen molar-refractivity contribution in [3.8, 4) is 0 Å². The van der Waals surface area contributed by atoms with Gasteiger partial charge in [-0.1, -0.05) is 65.4 Å². The Bertz CT molecular complexity index is 1340. The van der Waals surface area contributed by atoms with Crippen LogP contribution in [0, 0.1) is 5.41 Å². The Labute approximate surface area is 205 Å². The van der Waals surface area contributed by atoms with Gasteiger partial charge in [-0.05, 0) is 48.6 Å². The van der Waals surface area contributed by atoms with Crippen LogP contribution in [0.2, 0.25) is 0 Å². The van der Waals surface area contributed by atoms with Gasteiger partial charge in [0.15, 0.2) is 10.9 Å². The second kappa shape index (κ2) is 8.22. The van der Waals surface area contributed by atoms with Crippen molar-refractivity contribution in [2.45, 2.75) is 39.5 Å². The molecule has 1 aliphatic heterocycles. The lowest BCUT2D eigenvalue weighted by Crippen LogP contribution is -2.39. The van der Waals surface area contributed by atoms with Gasteiger partial charge in [0, 0.05) is 39.4 Å². The van der Waals surface area contributed by atoms with Gasteiger partial charge < -0.3 is 5.32 Å². The van der Waals surface area contributed by atoms with Gasteiger partial charge in [0.25, 0.3) is 5.91 Å². The number of carbonyl (C=O) groups is 2. The highest BCUT2D eigenvalue weighted by Crippen LogP contribution is 2.47. The molecule has 2 heterocycles. The molecule has 33 heavy (non-hydrogen) atoms. The summed E-state index contributed by atoms with van der Waals surface area (Å²) in [5.74, 6) is -0.582. The predicted molar refractivity (Wildman–Crippen MR) is 136 cm³/mol. The molecule has 0 fully saturated rings. The van der Waals surface area contributed by atoms with Gasteiger partial charge in [-0.2, -0.15) is 0 Å².